The van der Waals surface area contributed by atoms with Gasteiger partial charge in [0.05, 0.1) is 6.04 Å². The molecule has 0 aliphatic heterocycles. The van der Waals surface area contributed by atoms with Crippen LogP contribution in [0.3, 0.4) is 0 Å². The lowest BCUT2D eigenvalue weighted by molar-refractivity contribution is -0.122. The molecule has 112 valence electrons. The first-order valence-electron chi connectivity index (χ1n) is 7.56. The summed E-state index contributed by atoms with van der Waals surface area (Å²) in [4.78, 5) is 11.7. The van der Waals surface area contributed by atoms with Gasteiger partial charge in [-0.3, -0.25) is 10.1 Å². The molecule has 0 aliphatic carbocycles. The van der Waals surface area contributed by atoms with E-state index in [4.69, 9.17) is 0 Å². The molecule has 0 saturated carbocycles. The van der Waals surface area contributed by atoms with Crippen LogP contribution in [-0.4, -0.2) is 18.5 Å². The van der Waals surface area contributed by atoms with Gasteiger partial charge in [0.2, 0.25) is 5.91 Å². The first-order chi connectivity index (χ1) is 9.43. The fraction of sp³-hybridized carbons (Fsp3) is 0.588. The van der Waals surface area contributed by atoms with Gasteiger partial charge in [0.15, 0.2) is 0 Å². The van der Waals surface area contributed by atoms with Crippen LogP contribution in [0.2, 0.25) is 0 Å². The van der Waals surface area contributed by atoms with E-state index in [0.717, 1.165) is 6.42 Å². The average molecular weight is 276 g/mol. The summed E-state index contributed by atoms with van der Waals surface area (Å²) in [5.74, 6) is 0.727. The van der Waals surface area contributed by atoms with Crippen molar-refractivity contribution in [2.45, 2.75) is 53.1 Å². The molecule has 0 radical (unpaired) electrons. The van der Waals surface area contributed by atoms with Crippen LogP contribution in [0.25, 0.3) is 0 Å². The minimum Gasteiger partial charge on any atom is -0.355 e. The number of hydrogen-bond acceptors (Lipinski definition) is 2. The number of carbonyl (C=O) groups excluding carboxylic acids is 1. The van der Waals surface area contributed by atoms with E-state index in [1.165, 1.54) is 11.1 Å². The molecule has 3 nitrogen and oxygen atoms in total. The standard InChI is InChI=1S/C17H28N2O/c1-6-18-17(20)14(5)19-13(4)16-9-7-15(8-10-16)11-12(2)3/h7-10,12-14,19H,6,11H2,1-5H3,(H,18,20). The maximum absolute atomic E-state index is 11.7. The highest BCUT2D eigenvalue weighted by Gasteiger charge is 2.15. The zero-order valence-corrected chi connectivity index (χ0v) is 13.4. The molecule has 1 amide bonds. The molecule has 0 bridgehead atoms. The minimum atomic E-state index is -0.180. The van der Waals surface area contributed by atoms with E-state index < -0.39 is 0 Å². The first kappa shape index (κ1) is 16.7. The second kappa shape index (κ2) is 8.05. The Morgan fingerprint density at radius 3 is 2.20 bits per heavy atom. The van der Waals surface area contributed by atoms with Crippen LogP contribution in [0.5, 0.6) is 0 Å². The fourth-order valence-corrected chi connectivity index (χ4v) is 2.29. The second-order valence-electron chi connectivity index (χ2n) is 5.84. The largest absolute Gasteiger partial charge is 0.355 e. The molecule has 2 unspecified atom stereocenters. The van der Waals surface area contributed by atoms with Crippen molar-refractivity contribution in [3.63, 3.8) is 0 Å². The molecule has 2 atom stereocenters. The Morgan fingerprint density at radius 2 is 1.70 bits per heavy atom. The number of carbonyl (C=O) groups is 1. The van der Waals surface area contributed by atoms with E-state index in [1.807, 2.05) is 13.8 Å². The summed E-state index contributed by atoms with van der Waals surface area (Å²) < 4.78 is 0. The van der Waals surface area contributed by atoms with Gasteiger partial charge < -0.3 is 5.32 Å². The van der Waals surface area contributed by atoms with Crippen LogP contribution < -0.4 is 10.6 Å². The molecule has 3 heteroatoms. The van der Waals surface area contributed by atoms with Crippen molar-refractivity contribution in [2.24, 2.45) is 5.92 Å². The lowest BCUT2D eigenvalue weighted by Gasteiger charge is -2.20. The number of amides is 1. The molecule has 1 rings (SSSR count). The van der Waals surface area contributed by atoms with Gasteiger partial charge >= 0.3 is 0 Å². The maximum atomic E-state index is 11.7. The van der Waals surface area contributed by atoms with Crippen LogP contribution in [0.4, 0.5) is 0 Å². The minimum absolute atomic E-state index is 0.0516. The van der Waals surface area contributed by atoms with Crippen LogP contribution in [0.15, 0.2) is 24.3 Å². The van der Waals surface area contributed by atoms with Crippen molar-refractivity contribution < 1.29 is 4.79 Å². The Bertz CT molecular complexity index is 412. The van der Waals surface area contributed by atoms with Crippen molar-refractivity contribution in [3.8, 4) is 0 Å². The zero-order valence-electron chi connectivity index (χ0n) is 13.4. The van der Waals surface area contributed by atoms with E-state index in [1.54, 1.807) is 0 Å². The number of likely N-dealkylation sites (N-methyl/N-ethyl adjacent to an activating group) is 1. The Balaban J connectivity index is 2.59. The molecule has 1 aromatic carbocycles. The van der Waals surface area contributed by atoms with Gasteiger partial charge in [0, 0.05) is 12.6 Å². The van der Waals surface area contributed by atoms with Crippen molar-refractivity contribution in [2.75, 3.05) is 6.54 Å². The summed E-state index contributed by atoms with van der Waals surface area (Å²) in [6.45, 7) is 11.0. The summed E-state index contributed by atoms with van der Waals surface area (Å²) in [5.41, 5.74) is 2.58. The molecule has 0 saturated heterocycles. The van der Waals surface area contributed by atoms with E-state index in [-0.39, 0.29) is 18.0 Å². The Hall–Kier alpha value is -1.35. The van der Waals surface area contributed by atoms with E-state index >= 15 is 0 Å². The quantitative estimate of drug-likeness (QED) is 0.803. The first-order valence-corrected chi connectivity index (χ1v) is 7.56. The van der Waals surface area contributed by atoms with Gasteiger partial charge in [-0.1, -0.05) is 38.1 Å². The lowest BCUT2D eigenvalue weighted by Crippen LogP contribution is -2.43. The summed E-state index contributed by atoms with van der Waals surface area (Å²) in [6.07, 6.45) is 1.11. The van der Waals surface area contributed by atoms with Crippen molar-refractivity contribution in [3.05, 3.63) is 35.4 Å². The van der Waals surface area contributed by atoms with E-state index in [2.05, 4.69) is 55.7 Å². The SMILES string of the molecule is CCNC(=O)C(C)NC(C)c1ccc(CC(C)C)cc1. The van der Waals surface area contributed by atoms with Gasteiger partial charge in [-0.05, 0) is 44.2 Å². The Morgan fingerprint density at radius 1 is 1.10 bits per heavy atom. The Kier molecular flexibility index (Phi) is 6.73. The van der Waals surface area contributed by atoms with Crippen molar-refractivity contribution in [1.29, 1.82) is 0 Å². The molecule has 0 spiro atoms. The van der Waals surface area contributed by atoms with Crippen LogP contribution >= 0.6 is 0 Å². The zero-order chi connectivity index (χ0) is 15.1. The molecule has 20 heavy (non-hydrogen) atoms. The third-order valence-corrected chi connectivity index (χ3v) is 3.37. The van der Waals surface area contributed by atoms with Gasteiger partial charge in [-0.2, -0.15) is 0 Å². The second-order valence-corrected chi connectivity index (χ2v) is 5.84. The monoisotopic (exact) mass is 276 g/mol. The van der Waals surface area contributed by atoms with E-state index in [9.17, 15) is 4.79 Å². The molecule has 1 aromatic rings. The average Bonchev–Trinajstić information content (AvgIpc) is 2.39. The van der Waals surface area contributed by atoms with Gasteiger partial charge in [0.1, 0.15) is 0 Å². The molecule has 0 fully saturated rings. The third kappa shape index (κ3) is 5.33. The highest BCUT2D eigenvalue weighted by molar-refractivity contribution is 5.81. The number of hydrogen-bond donors (Lipinski definition) is 2. The van der Waals surface area contributed by atoms with Gasteiger partial charge in [-0.25, -0.2) is 0 Å². The highest BCUT2D eigenvalue weighted by Crippen LogP contribution is 2.16. The summed E-state index contributed by atoms with van der Waals surface area (Å²) in [5, 5.41) is 6.16. The van der Waals surface area contributed by atoms with Crippen LogP contribution in [0.1, 0.15) is 51.8 Å². The molecule has 0 aliphatic rings. The topological polar surface area (TPSA) is 41.1 Å². The maximum Gasteiger partial charge on any atom is 0.236 e. The smallest absolute Gasteiger partial charge is 0.236 e. The summed E-state index contributed by atoms with van der Waals surface area (Å²) >= 11 is 0. The number of rotatable bonds is 7. The fourth-order valence-electron chi connectivity index (χ4n) is 2.29. The van der Waals surface area contributed by atoms with Crippen LogP contribution in [0, 0.1) is 5.92 Å². The lowest BCUT2D eigenvalue weighted by atomic mass is 9.99. The molecule has 2 N–H and O–H groups in total. The van der Waals surface area contributed by atoms with Gasteiger partial charge in [0.25, 0.3) is 0 Å². The van der Waals surface area contributed by atoms with Crippen molar-refractivity contribution in [1.82, 2.24) is 10.6 Å². The highest BCUT2D eigenvalue weighted by atomic mass is 16.2. The predicted octanol–water partition coefficient (Wildman–Crippen LogP) is 3.06. The number of nitrogens with one attached hydrogen (secondary N) is 2. The molecular formula is C17H28N2O. The van der Waals surface area contributed by atoms with Gasteiger partial charge in [-0.15, -0.1) is 0 Å². The molecular weight excluding hydrogens is 248 g/mol. The van der Waals surface area contributed by atoms with E-state index in [0.29, 0.717) is 12.5 Å². The molecule has 0 aromatic heterocycles. The molecule has 0 heterocycles. The normalized spacial score (nSPS) is 14.1. The van der Waals surface area contributed by atoms with Crippen molar-refractivity contribution >= 4 is 5.91 Å². The third-order valence-electron chi connectivity index (χ3n) is 3.37. The van der Waals surface area contributed by atoms with Crippen LogP contribution in [-0.2, 0) is 11.2 Å². The summed E-state index contributed by atoms with van der Waals surface area (Å²) in [7, 11) is 0. The predicted molar refractivity (Wildman–Crippen MR) is 84.7 cm³/mol. The summed E-state index contributed by atoms with van der Waals surface area (Å²) in [6, 6.07) is 8.66. The number of benzene rings is 1. The Labute approximate surface area is 123 Å².